The third-order valence-corrected chi connectivity index (χ3v) is 7.94. The van der Waals surface area contributed by atoms with Crippen molar-refractivity contribution in [1.29, 1.82) is 0 Å². The predicted octanol–water partition coefficient (Wildman–Crippen LogP) is 5.86. The van der Waals surface area contributed by atoms with Gasteiger partial charge in [0.2, 0.25) is 0 Å². The van der Waals surface area contributed by atoms with Crippen LogP contribution < -0.4 is 10.1 Å². The molecule has 1 saturated heterocycles. The van der Waals surface area contributed by atoms with Crippen molar-refractivity contribution in [3.63, 3.8) is 0 Å². The Morgan fingerprint density at radius 3 is 2.77 bits per heavy atom. The highest BCUT2D eigenvalue weighted by Crippen LogP contribution is 2.38. The summed E-state index contributed by atoms with van der Waals surface area (Å²) in [5.41, 5.74) is 3.13. The number of hydrogen-bond acceptors (Lipinski definition) is 3. The van der Waals surface area contributed by atoms with Gasteiger partial charge in [0.1, 0.15) is 5.75 Å². The number of nitrogens with zero attached hydrogens (tertiary/aromatic N) is 1. The third-order valence-electron chi connectivity index (χ3n) is 7.94. The van der Waals surface area contributed by atoms with Gasteiger partial charge in [-0.1, -0.05) is 50.3 Å². The van der Waals surface area contributed by atoms with Gasteiger partial charge in [0.05, 0.1) is 6.61 Å². The van der Waals surface area contributed by atoms with Gasteiger partial charge in [-0.3, -0.25) is 0 Å². The van der Waals surface area contributed by atoms with Crippen LogP contribution >= 0.6 is 0 Å². The Balaban J connectivity index is 1.31. The Labute approximate surface area is 182 Å². The number of rotatable bonds is 6. The molecule has 162 valence electrons. The van der Waals surface area contributed by atoms with E-state index in [9.17, 15) is 0 Å². The lowest BCUT2D eigenvalue weighted by molar-refractivity contribution is 0.233. The maximum atomic E-state index is 6.17. The number of likely N-dealkylation sites (tertiary alicyclic amines) is 1. The Bertz CT molecular complexity index is 857. The van der Waals surface area contributed by atoms with E-state index >= 15 is 0 Å². The molecule has 3 aliphatic rings. The van der Waals surface area contributed by atoms with Crippen molar-refractivity contribution < 1.29 is 4.74 Å². The molecule has 3 heteroatoms. The summed E-state index contributed by atoms with van der Waals surface area (Å²) in [6.45, 7) is 3.17. The van der Waals surface area contributed by atoms with E-state index in [4.69, 9.17) is 4.74 Å². The van der Waals surface area contributed by atoms with Gasteiger partial charge in [0, 0.05) is 12.1 Å². The lowest BCUT2D eigenvalue weighted by Gasteiger charge is -2.32. The molecule has 3 nitrogen and oxygen atoms in total. The van der Waals surface area contributed by atoms with Crippen molar-refractivity contribution in [1.82, 2.24) is 10.2 Å². The van der Waals surface area contributed by atoms with E-state index in [0.29, 0.717) is 12.1 Å². The molecule has 2 aliphatic heterocycles. The van der Waals surface area contributed by atoms with Gasteiger partial charge in [-0.2, -0.15) is 0 Å². The van der Waals surface area contributed by atoms with E-state index in [1.54, 1.807) is 11.1 Å². The van der Waals surface area contributed by atoms with Crippen LogP contribution in [0.15, 0.2) is 30.3 Å². The number of ether oxygens (including phenoxy) is 1. The molecule has 5 rings (SSSR count). The highest BCUT2D eigenvalue weighted by Gasteiger charge is 2.26. The first-order valence-corrected chi connectivity index (χ1v) is 12.4. The molecule has 30 heavy (non-hydrogen) atoms. The Hall–Kier alpha value is -1.58. The fourth-order valence-corrected chi connectivity index (χ4v) is 6.19. The maximum Gasteiger partial charge on any atom is 0.119 e. The van der Waals surface area contributed by atoms with Crippen molar-refractivity contribution in [2.45, 2.75) is 76.3 Å². The first kappa shape index (κ1) is 20.3. The standard InChI is InChI=1S/C27H38N2O/c1-29-16-5-8-23(29)14-17-30-24-11-12-25-22(19-24)10-9-21-13-15-28-26(27(21)25)18-20-6-3-2-4-7-20/h9-12,19-20,23,26,28H,2-8,13-18H2,1H3/t23-,26?/m1/s1. The summed E-state index contributed by atoms with van der Waals surface area (Å²) in [6, 6.07) is 12.7. The Morgan fingerprint density at radius 1 is 1.03 bits per heavy atom. The molecule has 1 N–H and O–H groups in total. The topological polar surface area (TPSA) is 24.5 Å². The summed E-state index contributed by atoms with van der Waals surface area (Å²) in [4.78, 5) is 2.48. The Morgan fingerprint density at radius 2 is 1.93 bits per heavy atom. The number of hydrogen-bond donors (Lipinski definition) is 1. The molecule has 2 atom stereocenters. The van der Waals surface area contributed by atoms with Gasteiger partial charge in [-0.05, 0) is 92.2 Å². The summed E-state index contributed by atoms with van der Waals surface area (Å²) >= 11 is 0. The SMILES string of the molecule is CN1CCC[C@@H]1CCOc1ccc2c3c(ccc2c1)CCNC3CC1CCCCC1. The van der Waals surface area contributed by atoms with Crippen LogP contribution in [-0.2, 0) is 6.42 Å². The molecule has 2 heterocycles. The van der Waals surface area contributed by atoms with Crippen LogP contribution in [0.25, 0.3) is 10.8 Å². The van der Waals surface area contributed by atoms with Gasteiger partial charge < -0.3 is 15.0 Å². The normalized spacial score (nSPS) is 25.5. The third kappa shape index (κ3) is 4.38. The van der Waals surface area contributed by atoms with Crippen LogP contribution in [0, 0.1) is 5.92 Å². The average Bonchev–Trinajstić information content (AvgIpc) is 3.19. The second-order valence-corrected chi connectivity index (χ2v) is 9.93. The van der Waals surface area contributed by atoms with Crippen LogP contribution in [0.2, 0.25) is 0 Å². The van der Waals surface area contributed by atoms with Crippen molar-refractivity contribution in [3.05, 3.63) is 41.5 Å². The van der Waals surface area contributed by atoms with Crippen LogP contribution in [0.1, 0.15) is 75.0 Å². The van der Waals surface area contributed by atoms with Gasteiger partial charge in [-0.25, -0.2) is 0 Å². The molecule has 1 aliphatic carbocycles. The van der Waals surface area contributed by atoms with E-state index in [0.717, 1.165) is 37.7 Å². The van der Waals surface area contributed by atoms with Crippen molar-refractivity contribution >= 4 is 10.8 Å². The van der Waals surface area contributed by atoms with E-state index < -0.39 is 0 Å². The summed E-state index contributed by atoms with van der Waals surface area (Å²) in [5.74, 6) is 1.92. The van der Waals surface area contributed by atoms with Crippen LogP contribution in [0.5, 0.6) is 5.75 Å². The van der Waals surface area contributed by atoms with Crippen LogP contribution in [0.3, 0.4) is 0 Å². The molecule has 2 fully saturated rings. The molecular weight excluding hydrogens is 368 g/mol. The zero-order valence-electron chi connectivity index (χ0n) is 18.7. The second-order valence-electron chi connectivity index (χ2n) is 9.93. The number of nitrogens with one attached hydrogen (secondary N) is 1. The highest BCUT2D eigenvalue weighted by atomic mass is 16.5. The molecule has 1 unspecified atom stereocenters. The first-order chi connectivity index (χ1) is 14.8. The molecule has 1 saturated carbocycles. The summed E-state index contributed by atoms with van der Waals surface area (Å²) in [7, 11) is 2.24. The zero-order valence-corrected chi connectivity index (χ0v) is 18.7. The van der Waals surface area contributed by atoms with Gasteiger partial charge >= 0.3 is 0 Å². The minimum Gasteiger partial charge on any atom is -0.494 e. The summed E-state index contributed by atoms with van der Waals surface area (Å²) < 4.78 is 6.17. The van der Waals surface area contributed by atoms with Crippen LogP contribution in [0.4, 0.5) is 0 Å². The van der Waals surface area contributed by atoms with Crippen molar-refractivity contribution in [3.8, 4) is 5.75 Å². The van der Waals surface area contributed by atoms with Crippen molar-refractivity contribution in [2.24, 2.45) is 5.92 Å². The van der Waals surface area contributed by atoms with E-state index in [-0.39, 0.29) is 0 Å². The maximum absolute atomic E-state index is 6.17. The summed E-state index contributed by atoms with van der Waals surface area (Å²) in [6.07, 6.45) is 13.4. The largest absolute Gasteiger partial charge is 0.494 e. The van der Waals surface area contributed by atoms with Crippen molar-refractivity contribution in [2.75, 3.05) is 26.7 Å². The molecule has 0 radical (unpaired) electrons. The Kier molecular flexibility index (Phi) is 6.29. The molecule has 2 aromatic carbocycles. The molecule has 0 bridgehead atoms. The van der Waals surface area contributed by atoms with Gasteiger partial charge in [0.25, 0.3) is 0 Å². The fourth-order valence-electron chi connectivity index (χ4n) is 6.19. The summed E-state index contributed by atoms with van der Waals surface area (Å²) in [5, 5.41) is 6.63. The minimum atomic E-state index is 0.519. The quantitative estimate of drug-likeness (QED) is 0.650. The predicted molar refractivity (Wildman–Crippen MR) is 125 cm³/mol. The zero-order chi connectivity index (χ0) is 20.3. The highest BCUT2D eigenvalue weighted by molar-refractivity contribution is 5.88. The smallest absolute Gasteiger partial charge is 0.119 e. The van der Waals surface area contributed by atoms with Crippen LogP contribution in [-0.4, -0.2) is 37.7 Å². The average molecular weight is 407 g/mol. The molecule has 0 spiro atoms. The lowest BCUT2D eigenvalue weighted by atomic mass is 9.80. The number of benzene rings is 2. The van der Waals surface area contributed by atoms with E-state index in [1.807, 2.05) is 0 Å². The van der Waals surface area contributed by atoms with Gasteiger partial charge in [-0.15, -0.1) is 0 Å². The fraction of sp³-hybridized carbons (Fsp3) is 0.630. The molecular formula is C27H38N2O. The first-order valence-electron chi connectivity index (χ1n) is 12.4. The monoisotopic (exact) mass is 406 g/mol. The van der Waals surface area contributed by atoms with Gasteiger partial charge in [0.15, 0.2) is 0 Å². The van der Waals surface area contributed by atoms with E-state index in [1.165, 1.54) is 68.7 Å². The molecule has 0 aromatic heterocycles. The van der Waals surface area contributed by atoms with E-state index in [2.05, 4.69) is 47.6 Å². The lowest BCUT2D eigenvalue weighted by Crippen LogP contribution is -2.31. The molecule has 2 aromatic rings. The minimum absolute atomic E-state index is 0.519. The molecule has 0 amide bonds. The second kappa shape index (κ2) is 9.28. The number of fused-ring (bicyclic) bond motifs is 3.